The van der Waals surface area contributed by atoms with E-state index in [4.69, 9.17) is 22.4 Å². The lowest BCUT2D eigenvalue weighted by molar-refractivity contribution is -0.383. The van der Waals surface area contributed by atoms with Gasteiger partial charge in [-0.3, -0.25) is 14.9 Å². The zero-order chi connectivity index (χ0) is 20.0. The molecule has 1 amide bonds. The van der Waals surface area contributed by atoms with Gasteiger partial charge in [0.25, 0.3) is 5.69 Å². The van der Waals surface area contributed by atoms with Crippen molar-refractivity contribution in [1.82, 2.24) is 0 Å². The maximum absolute atomic E-state index is 12.1. The molecule has 0 aromatic heterocycles. The smallest absolute Gasteiger partial charge is 0.294 e. The van der Waals surface area contributed by atoms with Gasteiger partial charge < -0.3 is 26.6 Å². The Bertz CT molecular complexity index is 905. The van der Waals surface area contributed by atoms with Crippen LogP contribution >= 0.6 is 24.0 Å². The van der Waals surface area contributed by atoms with E-state index in [1.807, 2.05) is 0 Å². The molecule has 0 spiro atoms. The van der Waals surface area contributed by atoms with Gasteiger partial charge in [0, 0.05) is 29.9 Å². The van der Waals surface area contributed by atoms with Gasteiger partial charge in [0.15, 0.2) is 0 Å². The molecular weight excluding hydrogens is 411 g/mol. The molecule has 0 fully saturated rings. The number of aromatic hydroxyl groups is 1. The van der Waals surface area contributed by atoms with Crippen LogP contribution in [0.5, 0.6) is 5.75 Å². The van der Waals surface area contributed by atoms with E-state index in [1.54, 1.807) is 0 Å². The van der Waals surface area contributed by atoms with Crippen molar-refractivity contribution >= 4 is 58.7 Å². The first-order valence-electron chi connectivity index (χ1n) is 7.72. The van der Waals surface area contributed by atoms with Crippen molar-refractivity contribution in [3.63, 3.8) is 0 Å². The molecule has 0 aliphatic rings. The highest BCUT2D eigenvalue weighted by molar-refractivity contribution is 6.34. The van der Waals surface area contributed by atoms with Crippen LogP contribution in [0, 0.1) is 10.1 Å². The molecule has 9 nitrogen and oxygen atoms in total. The van der Waals surface area contributed by atoms with Gasteiger partial charge in [0.2, 0.25) is 5.91 Å². The van der Waals surface area contributed by atoms with Crippen LogP contribution in [-0.4, -0.2) is 34.2 Å². The quantitative estimate of drug-likeness (QED) is 0.149. The number of carbonyl (C=O) groups is 1. The Hall–Kier alpha value is -3.01. The van der Waals surface area contributed by atoms with E-state index in [-0.39, 0.29) is 53.4 Å². The maximum atomic E-state index is 12.1. The summed E-state index contributed by atoms with van der Waals surface area (Å²) >= 11 is 6.07. The molecule has 0 saturated carbocycles. The first kappa shape index (κ1) is 23.0. The number of aliphatic hydroxyl groups is 1. The van der Waals surface area contributed by atoms with Crippen molar-refractivity contribution in [3.8, 4) is 5.75 Å². The molecule has 0 unspecified atom stereocenters. The minimum atomic E-state index is -0.633. The predicted molar refractivity (Wildman–Crippen MR) is 111 cm³/mol. The van der Waals surface area contributed by atoms with E-state index >= 15 is 0 Å². The number of phenols is 1. The summed E-state index contributed by atoms with van der Waals surface area (Å²) in [5.41, 5.74) is 6.24. The van der Waals surface area contributed by atoms with E-state index in [1.165, 1.54) is 30.3 Å². The second-order valence-corrected chi connectivity index (χ2v) is 5.80. The molecule has 0 radical (unpaired) electrons. The average Bonchev–Trinajstić information content (AvgIpc) is 2.62. The molecule has 2 aromatic rings. The molecule has 0 bridgehead atoms. The summed E-state index contributed by atoms with van der Waals surface area (Å²) in [7, 11) is 0. The SMILES string of the molecule is Cl.Nc1ccc(O)c(/C=C/C(=O)Nc2cc([N+](=O)[O-])c(NCCO)cc2Cl)c1. The molecule has 0 saturated heterocycles. The van der Waals surface area contributed by atoms with Crippen LogP contribution in [0.15, 0.2) is 36.4 Å². The number of halogens is 2. The van der Waals surface area contributed by atoms with Crippen molar-refractivity contribution in [2.75, 3.05) is 29.5 Å². The molecule has 2 rings (SSSR count). The molecule has 0 aliphatic carbocycles. The van der Waals surface area contributed by atoms with Crippen LogP contribution in [0.4, 0.5) is 22.7 Å². The molecule has 11 heteroatoms. The third kappa shape index (κ3) is 6.02. The van der Waals surface area contributed by atoms with Crippen molar-refractivity contribution in [2.24, 2.45) is 0 Å². The lowest BCUT2D eigenvalue weighted by Crippen LogP contribution is -2.11. The minimum Gasteiger partial charge on any atom is -0.507 e. The Kier molecular flexibility index (Phi) is 8.52. The topological polar surface area (TPSA) is 151 Å². The van der Waals surface area contributed by atoms with Gasteiger partial charge in [-0.2, -0.15) is 0 Å². The summed E-state index contributed by atoms with van der Waals surface area (Å²) in [6, 6.07) is 6.80. The normalized spacial score (nSPS) is 10.4. The van der Waals surface area contributed by atoms with Crippen LogP contribution in [0.3, 0.4) is 0 Å². The number of nitrogens with one attached hydrogen (secondary N) is 2. The standard InChI is InChI=1S/C17H17ClN4O5.ClH/c18-12-8-14(20-5-6-23)15(22(26)27)9-13(12)21-17(25)4-1-10-7-11(19)2-3-16(10)24;/h1-4,7-9,20,23-24H,5-6,19H2,(H,21,25);1H/b4-1+;. The Labute approximate surface area is 171 Å². The molecule has 0 aliphatic heterocycles. The van der Waals surface area contributed by atoms with Crippen molar-refractivity contribution in [3.05, 3.63) is 57.1 Å². The van der Waals surface area contributed by atoms with Crippen LogP contribution in [0.1, 0.15) is 5.56 Å². The van der Waals surface area contributed by atoms with Crippen molar-refractivity contribution in [2.45, 2.75) is 0 Å². The summed E-state index contributed by atoms with van der Waals surface area (Å²) in [6.45, 7) is -0.107. The van der Waals surface area contributed by atoms with Gasteiger partial charge in [-0.1, -0.05) is 11.6 Å². The molecule has 6 N–H and O–H groups in total. The highest BCUT2D eigenvalue weighted by Crippen LogP contribution is 2.34. The lowest BCUT2D eigenvalue weighted by Gasteiger charge is -2.10. The van der Waals surface area contributed by atoms with Crippen LogP contribution in [-0.2, 0) is 4.79 Å². The fourth-order valence-electron chi connectivity index (χ4n) is 2.19. The molecule has 150 valence electrons. The van der Waals surface area contributed by atoms with E-state index in [2.05, 4.69) is 10.6 Å². The second kappa shape index (κ2) is 10.4. The molecule has 28 heavy (non-hydrogen) atoms. The zero-order valence-electron chi connectivity index (χ0n) is 14.4. The third-order valence-electron chi connectivity index (χ3n) is 3.43. The predicted octanol–water partition coefficient (Wildman–Crippen LogP) is 3.01. The summed E-state index contributed by atoms with van der Waals surface area (Å²) in [4.78, 5) is 22.7. The van der Waals surface area contributed by atoms with Gasteiger partial charge in [-0.25, -0.2) is 0 Å². The molecule has 0 atom stereocenters. The molecule has 2 aromatic carbocycles. The molecular formula is C17H18Cl2N4O5. The number of nitrogens with zero attached hydrogens (tertiary/aromatic N) is 1. The summed E-state index contributed by atoms with van der Waals surface area (Å²) in [6.07, 6.45) is 2.48. The number of nitrogens with two attached hydrogens (primary N) is 1. The number of carbonyl (C=O) groups excluding carboxylic acids is 1. The Balaban J connectivity index is 0.00000392. The summed E-state index contributed by atoms with van der Waals surface area (Å²) in [5.74, 6) is -0.662. The van der Waals surface area contributed by atoms with E-state index in [9.17, 15) is 20.0 Å². The minimum absolute atomic E-state index is 0. The van der Waals surface area contributed by atoms with Crippen molar-refractivity contribution in [1.29, 1.82) is 0 Å². The number of aliphatic hydroxyl groups excluding tert-OH is 1. The van der Waals surface area contributed by atoms with Gasteiger partial charge in [0.1, 0.15) is 11.4 Å². The van der Waals surface area contributed by atoms with Gasteiger partial charge in [0.05, 0.1) is 22.2 Å². The third-order valence-corrected chi connectivity index (χ3v) is 3.75. The lowest BCUT2D eigenvalue weighted by atomic mass is 10.1. The number of nitrogen functional groups attached to an aromatic ring is 1. The number of amides is 1. The number of rotatable bonds is 7. The van der Waals surface area contributed by atoms with Gasteiger partial charge >= 0.3 is 0 Å². The monoisotopic (exact) mass is 428 g/mol. The number of anilines is 3. The molecule has 0 heterocycles. The number of hydrogen-bond acceptors (Lipinski definition) is 7. The first-order chi connectivity index (χ1) is 12.8. The van der Waals surface area contributed by atoms with Crippen molar-refractivity contribution < 1.29 is 19.9 Å². The number of nitro benzene ring substituents is 1. The number of benzene rings is 2. The number of phenolic OH excluding ortho intramolecular Hbond substituents is 1. The average molecular weight is 429 g/mol. The fraction of sp³-hybridized carbons (Fsp3) is 0.118. The largest absolute Gasteiger partial charge is 0.507 e. The maximum Gasteiger partial charge on any atom is 0.294 e. The Morgan fingerprint density at radius 3 is 2.64 bits per heavy atom. The number of hydrogen-bond donors (Lipinski definition) is 5. The van der Waals surface area contributed by atoms with E-state index in [0.717, 1.165) is 12.1 Å². The van der Waals surface area contributed by atoms with Crippen LogP contribution < -0.4 is 16.4 Å². The Morgan fingerprint density at radius 1 is 1.29 bits per heavy atom. The van der Waals surface area contributed by atoms with Crippen LogP contribution in [0.2, 0.25) is 5.02 Å². The van der Waals surface area contributed by atoms with Gasteiger partial charge in [-0.05, 0) is 30.3 Å². The second-order valence-electron chi connectivity index (χ2n) is 5.40. The van der Waals surface area contributed by atoms with Gasteiger partial charge in [-0.15, -0.1) is 12.4 Å². The highest BCUT2D eigenvalue weighted by atomic mass is 35.5. The summed E-state index contributed by atoms with van der Waals surface area (Å²) < 4.78 is 0. The number of nitro groups is 1. The highest BCUT2D eigenvalue weighted by Gasteiger charge is 2.18. The Morgan fingerprint density at radius 2 is 2.00 bits per heavy atom. The fourth-order valence-corrected chi connectivity index (χ4v) is 2.40. The van der Waals surface area contributed by atoms with E-state index in [0.29, 0.717) is 11.3 Å². The van der Waals surface area contributed by atoms with Crippen LogP contribution in [0.25, 0.3) is 6.08 Å². The first-order valence-corrected chi connectivity index (χ1v) is 8.10. The van der Waals surface area contributed by atoms with E-state index < -0.39 is 10.8 Å². The zero-order valence-corrected chi connectivity index (χ0v) is 16.0. The summed E-state index contributed by atoms with van der Waals surface area (Å²) in [5, 5.41) is 35.0.